The molecule has 33 heavy (non-hydrogen) atoms. The first-order valence-electron chi connectivity index (χ1n) is 10.9. The maximum Gasteiger partial charge on any atom is 0.434 e. The quantitative estimate of drug-likeness (QED) is 0.602. The highest BCUT2D eigenvalue weighted by Gasteiger charge is 2.41. The number of carbonyl (C=O) groups excluding carboxylic acids is 1. The van der Waals surface area contributed by atoms with Gasteiger partial charge in [0.1, 0.15) is 0 Å². The first kappa shape index (κ1) is 24.9. The van der Waals surface area contributed by atoms with Crippen LogP contribution >= 0.6 is 0 Å². The lowest BCUT2D eigenvalue weighted by Gasteiger charge is -2.38. The Hall–Kier alpha value is -2.73. The number of aromatic nitrogens is 4. The summed E-state index contributed by atoms with van der Waals surface area (Å²) in [6.07, 6.45) is -2.12. The van der Waals surface area contributed by atoms with Crippen molar-refractivity contribution in [1.82, 2.24) is 30.2 Å². The molecule has 0 bridgehead atoms. The van der Waals surface area contributed by atoms with Crippen LogP contribution < -0.4 is 10.1 Å². The van der Waals surface area contributed by atoms with Crippen molar-refractivity contribution < 1.29 is 27.4 Å². The van der Waals surface area contributed by atoms with Crippen LogP contribution in [0.3, 0.4) is 0 Å². The highest BCUT2D eigenvalue weighted by atomic mass is 19.4. The van der Waals surface area contributed by atoms with E-state index in [0.717, 1.165) is 32.1 Å². The lowest BCUT2D eigenvalue weighted by Crippen LogP contribution is -2.52. The van der Waals surface area contributed by atoms with Crippen molar-refractivity contribution in [2.45, 2.75) is 38.9 Å². The topological polar surface area (TPSA) is 94.4 Å². The number of ether oxygens (including phenoxy) is 2. The average Bonchev–Trinajstić information content (AvgIpc) is 3.28. The third kappa shape index (κ3) is 5.80. The Morgan fingerprint density at radius 1 is 1.21 bits per heavy atom. The standard InChI is InChI=1S/C21H29F3N6O3/c1-4-14(5-2)16(29-8-10-33-11-9-29)13-25-20(31)15-12-26-30(19(15)21(22,23)24)17-6-7-18(32-3)28-27-17/h6-7,12,14,16H,4-5,8-11,13H2,1-3H3,(H,25,31)/t16-/m0/s1. The fraction of sp³-hybridized carbons (Fsp3) is 0.619. The summed E-state index contributed by atoms with van der Waals surface area (Å²) in [4.78, 5) is 15.1. The second-order valence-electron chi connectivity index (χ2n) is 7.75. The Morgan fingerprint density at radius 2 is 1.91 bits per heavy atom. The highest BCUT2D eigenvalue weighted by molar-refractivity contribution is 5.95. The summed E-state index contributed by atoms with van der Waals surface area (Å²) >= 11 is 0. The van der Waals surface area contributed by atoms with Crippen LogP contribution in [0.2, 0.25) is 0 Å². The Balaban J connectivity index is 1.84. The maximum absolute atomic E-state index is 13.9. The molecule has 12 heteroatoms. The molecular formula is C21H29F3N6O3. The summed E-state index contributed by atoms with van der Waals surface area (Å²) in [5.41, 5.74) is -1.77. The Bertz CT molecular complexity index is 909. The molecule has 1 amide bonds. The maximum atomic E-state index is 13.9. The molecule has 0 spiro atoms. The predicted octanol–water partition coefficient (Wildman–Crippen LogP) is 2.56. The van der Waals surface area contributed by atoms with Crippen LogP contribution in [0.15, 0.2) is 18.3 Å². The number of amides is 1. The summed E-state index contributed by atoms with van der Waals surface area (Å²) in [6.45, 7) is 7.01. The number of halogens is 3. The van der Waals surface area contributed by atoms with E-state index in [1.165, 1.54) is 19.2 Å². The van der Waals surface area contributed by atoms with E-state index in [9.17, 15) is 18.0 Å². The van der Waals surface area contributed by atoms with Crippen molar-refractivity contribution in [2.24, 2.45) is 5.92 Å². The van der Waals surface area contributed by atoms with Crippen molar-refractivity contribution in [3.05, 3.63) is 29.6 Å². The van der Waals surface area contributed by atoms with Gasteiger partial charge in [-0.05, 0) is 12.0 Å². The fourth-order valence-corrected chi connectivity index (χ4v) is 4.12. The molecule has 0 saturated carbocycles. The molecule has 2 aromatic rings. The van der Waals surface area contributed by atoms with Crippen LogP contribution in [-0.2, 0) is 10.9 Å². The van der Waals surface area contributed by atoms with Gasteiger partial charge < -0.3 is 14.8 Å². The number of methoxy groups -OCH3 is 1. The molecule has 182 valence electrons. The number of nitrogens with one attached hydrogen (secondary N) is 1. The van der Waals surface area contributed by atoms with Gasteiger partial charge in [-0.3, -0.25) is 9.69 Å². The van der Waals surface area contributed by atoms with Crippen molar-refractivity contribution in [3.63, 3.8) is 0 Å². The van der Waals surface area contributed by atoms with Gasteiger partial charge in [-0.25, -0.2) is 4.68 Å². The van der Waals surface area contributed by atoms with Gasteiger partial charge >= 0.3 is 6.18 Å². The SMILES string of the molecule is CCC(CC)[C@H](CNC(=O)c1cnn(-c2ccc(OC)nn2)c1C(F)(F)F)N1CCOCC1. The van der Waals surface area contributed by atoms with Gasteiger partial charge in [0, 0.05) is 31.7 Å². The molecule has 0 aromatic carbocycles. The number of rotatable bonds is 9. The monoisotopic (exact) mass is 470 g/mol. The van der Waals surface area contributed by atoms with E-state index in [2.05, 4.69) is 39.4 Å². The molecule has 0 radical (unpaired) electrons. The molecule has 1 N–H and O–H groups in total. The average molecular weight is 470 g/mol. The molecule has 3 heterocycles. The third-order valence-electron chi connectivity index (χ3n) is 5.91. The second kappa shape index (κ2) is 10.9. The second-order valence-corrected chi connectivity index (χ2v) is 7.75. The van der Waals surface area contributed by atoms with Gasteiger partial charge in [0.25, 0.3) is 5.91 Å². The zero-order valence-corrected chi connectivity index (χ0v) is 18.9. The molecule has 1 aliphatic heterocycles. The zero-order valence-electron chi connectivity index (χ0n) is 18.9. The minimum absolute atomic E-state index is 0.00434. The number of hydrogen-bond donors (Lipinski definition) is 1. The van der Waals surface area contributed by atoms with Crippen LogP contribution in [0.4, 0.5) is 13.2 Å². The molecule has 1 saturated heterocycles. The Morgan fingerprint density at radius 3 is 2.45 bits per heavy atom. The van der Waals surface area contributed by atoms with Gasteiger partial charge in [0.15, 0.2) is 11.5 Å². The van der Waals surface area contributed by atoms with Crippen molar-refractivity contribution in [3.8, 4) is 11.7 Å². The van der Waals surface area contributed by atoms with Crippen LogP contribution in [0.25, 0.3) is 5.82 Å². The number of carbonyl (C=O) groups is 1. The summed E-state index contributed by atoms with van der Waals surface area (Å²) in [7, 11) is 1.37. The van der Waals surface area contributed by atoms with Crippen LogP contribution in [-0.4, -0.2) is 76.8 Å². The third-order valence-corrected chi connectivity index (χ3v) is 5.91. The molecule has 1 fully saturated rings. The van der Waals surface area contributed by atoms with Gasteiger partial charge in [0.2, 0.25) is 5.88 Å². The molecule has 0 unspecified atom stereocenters. The Kier molecular flexibility index (Phi) is 8.25. The van der Waals surface area contributed by atoms with E-state index in [-0.39, 0.29) is 24.3 Å². The van der Waals surface area contributed by atoms with Crippen molar-refractivity contribution in [2.75, 3.05) is 40.0 Å². The Labute approximate surface area is 190 Å². The molecule has 9 nitrogen and oxygen atoms in total. The molecule has 3 rings (SSSR count). The summed E-state index contributed by atoms with van der Waals surface area (Å²) in [6, 6.07) is 2.66. The van der Waals surface area contributed by atoms with Gasteiger partial charge in [0.05, 0.1) is 32.1 Å². The molecular weight excluding hydrogens is 441 g/mol. The van der Waals surface area contributed by atoms with E-state index in [4.69, 9.17) is 9.47 Å². The van der Waals surface area contributed by atoms with Crippen LogP contribution in [0.1, 0.15) is 42.7 Å². The lowest BCUT2D eigenvalue weighted by molar-refractivity contribution is -0.143. The zero-order chi connectivity index (χ0) is 24.0. The number of alkyl halides is 3. The van der Waals surface area contributed by atoms with E-state index < -0.39 is 23.3 Å². The van der Waals surface area contributed by atoms with E-state index in [0.29, 0.717) is 23.8 Å². The number of hydrogen-bond acceptors (Lipinski definition) is 7. The number of morpholine rings is 1. The van der Waals surface area contributed by atoms with Gasteiger partial charge in [-0.1, -0.05) is 26.7 Å². The molecule has 1 atom stereocenters. The van der Waals surface area contributed by atoms with Gasteiger partial charge in [-0.2, -0.15) is 18.3 Å². The normalized spacial score (nSPS) is 16.1. The van der Waals surface area contributed by atoms with E-state index >= 15 is 0 Å². The van der Waals surface area contributed by atoms with Crippen molar-refractivity contribution >= 4 is 5.91 Å². The summed E-state index contributed by atoms with van der Waals surface area (Å²) < 4.78 is 52.7. The van der Waals surface area contributed by atoms with Crippen LogP contribution in [0, 0.1) is 5.92 Å². The minimum atomic E-state index is -4.83. The largest absolute Gasteiger partial charge is 0.480 e. The minimum Gasteiger partial charge on any atom is -0.480 e. The lowest BCUT2D eigenvalue weighted by atomic mass is 9.92. The number of nitrogens with zero attached hydrogens (tertiary/aromatic N) is 5. The van der Waals surface area contributed by atoms with Crippen LogP contribution in [0.5, 0.6) is 5.88 Å². The van der Waals surface area contributed by atoms with Crippen molar-refractivity contribution in [1.29, 1.82) is 0 Å². The molecule has 2 aromatic heterocycles. The first-order chi connectivity index (χ1) is 15.8. The molecule has 1 aliphatic rings. The van der Waals surface area contributed by atoms with Gasteiger partial charge in [-0.15, -0.1) is 10.2 Å². The summed E-state index contributed by atoms with van der Waals surface area (Å²) in [5.74, 6) is -0.569. The first-order valence-corrected chi connectivity index (χ1v) is 10.9. The van der Waals surface area contributed by atoms with E-state index in [1.54, 1.807) is 0 Å². The summed E-state index contributed by atoms with van der Waals surface area (Å²) in [5, 5.41) is 13.9. The predicted molar refractivity (Wildman–Crippen MR) is 113 cm³/mol. The smallest absolute Gasteiger partial charge is 0.434 e. The highest BCUT2D eigenvalue weighted by Crippen LogP contribution is 2.33. The fourth-order valence-electron chi connectivity index (χ4n) is 4.12. The van der Waals surface area contributed by atoms with E-state index in [1.807, 2.05) is 0 Å². The molecule has 0 aliphatic carbocycles.